The average Bonchev–Trinajstić information content (AvgIpc) is 3.97. The third kappa shape index (κ3) is 4.86. The van der Waals surface area contributed by atoms with Crippen molar-refractivity contribution in [1.82, 2.24) is 4.57 Å². The summed E-state index contributed by atoms with van der Waals surface area (Å²) in [6, 6.07) is 71.3. The molecule has 0 N–H and O–H groups in total. The van der Waals surface area contributed by atoms with Crippen LogP contribution in [0.25, 0.3) is 116 Å². The van der Waals surface area contributed by atoms with E-state index < -0.39 is 0 Å². The predicted molar refractivity (Wildman–Crippen MR) is 237 cm³/mol. The van der Waals surface area contributed by atoms with Gasteiger partial charge in [-0.1, -0.05) is 158 Å². The lowest BCUT2D eigenvalue weighted by Gasteiger charge is -2.10. The number of para-hydroxylation sites is 3. The van der Waals surface area contributed by atoms with Crippen molar-refractivity contribution in [3.63, 3.8) is 0 Å². The second kappa shape index (κ2) is 12.5. The molecule has 0 radical (unpaired) electrons. The van der Waals surface area contributed by atoms with Crippen LogP contribution in [0.3, 0.4) is 0 Å². The van der Waals surface area contributed by atoms with E-state index in [1.807, 2.05) is 12.1 Å². The number of aromatic nitrogens is 1. The van der Waals surface area contributed by atoms with E-state index in [2.05, 4.69) is 193 Å². The van der Waals surface area contributed by atoms with Gasteiger partial charge in [0.25, 0.3) is 0 Å². The lowest BCUT2D eigenvalue weighted by Crippen LogP contribution is -1.94. The molecule has 0 aliphatic carbocycles. The van der Waals surface area contributed by atoms with E-state index in [4.69, 9.17) is 8.83 Å². The molecule has 0 spiro atoms. The molecule has 0 amide bonds. The Hall–Kier alpha value is -7.62. The summed E-state index contributed by atoms with van der Waals surface area (Å²) >= 11 is 0. The SMILES string of the molecule is c1ccc(-c2ccc3c(c2)c2cc(-c4ccccc4)ccc2n3-c2cccc3c2oc2c(-c4ccccc4)ccc(-c4cccc5c4oc4ccccc45)c23)cc1. The molecule has 0 aliphatic heterocycles. The summed E-state index contributed by atoms with van der Waals surface area (Å²) < 4.78 is 16.3. The Morgan fingerprint density at radius 2 is 0.860 bits per heavy atom. The van der Waals surface area contributed by atoms with Gasteiger partial charge in [-0.2, -0.15) is 0 Å². The van der Waals surface area contributed by atoms with Crippen molar-refractivity contribution < 1.29 is 8.83 Å². The van der Waals surface area contributed by atoms with E-state index in [0.717, 1.165) is 82.9 Å². The van der Waals surface area contributed by atoms with Crippen LogP contribution in [-0.2, 0) is 0 Å². The van der Waals surface area contributed by atoms with Crippen LogP contribution in [0.4, 0.5) is 0 Å². The molecule has 0 saturated carbocycles. The maximum Gasteiger partial charge on any atom is 0.159 e. The molecule has 9 aromatic carbocycles. The predicted octanol–water partition coefficient (Wildman–Crippen LogP) is 15.3. The lowest BCUT2D eigenvalue weighted by atomic mass is 9.93. The molecule has 3 heterocycles. The largest absolute Gasteiger partial charge is 0.455 e. The Kier molecular flexibility index (Phi) is 6.93. The zero-order valence-corrected chi connectivity index (χ0v) is 30.8. The fourth-order valence-electron chi connectivity index (χ4n) is 9.00. The monoisotopic (exact) mass is 727 g/mol. The first-order valence-electron chi connectivity index (χ1n) is 19.4. The fourth-order valence-corrected chi connectivity index (χ4v) is 9.00. The van der Waals surface area contributed by atoms with Gasteiger partial charge >= 0.3 is 0 Å². The maximum absolute atomic E-state index is 7.26. The molecule has 0 fully saturated rings. The van der Waals surface area contributed by atoms with Gasteiger partial charge in [-0.3, -0.25) is 0 Å². The summed E-state index contributed by atoms with van der Waals surface area (Å²) in [4.78, 5) is 0. The molecule has 266 valence electrons. The molecule has 0 saturated heterocycles. The normalized spacial score (nSPS) is 11.9. The van der Waals surface area contributed by atoms with Gasteiger partial charge < -0.3 is 13.4 Å². The average molecular weight is 728 g/mol. The molecular weight excluding hydrogens is 695 g/mol. The van der Waals surface area contributed by atoms with Crippen LogP contribution in [0.1, 0.15) is 0 Å². The van der Waals surface area contributed by atoms with Crippen molar-refractivity contribution in [2.75, 3.05) is 0 Å². The highest BCUT2D eigenvalue weighted by Gasteiger charge is 2.24. The molecule has 0 unspecified atom stereocenters. The number of benzene rings is 9. The van der Waals surface area contributed by atoms with Gasteiger partial charge in [0.2, 0.25) is 0 Å². The Bertz CT molecular complexity index is 3400. The smallest absolute Gasteiger partial charge is 0.159 e. The Morgan fingerprint density at radius 1 is 0.298 bits per heavy atom. The Balaban J connectivity index is 1.17. The van der Waals surface area contributed by atoms with Crippen molar-refractivity contribution in [3.05, 3.63) is 200 Å². The summed E-state index contributed by atoms with van der Waals surface area (Å²) in [5.74, 6) is 0. The van der Waals surface area contributed by atoms with Crippen LogP contribution in [0.5, 0.6) is 0 Å². The maximum atomic E-state index is 7.26. The van der Waals surface area contributed by atoms with E-state index in [1.54, 1.807) is 0 Å². The van der Waals surface area contributed by atoms with Gasteiger partial charge in [0, 0.05) is 43.4 Å². The molecule has 57 heavy (non-hydrogen) atoms. The van der Waals surface area contributed by atoms with Crippen LogP contribution < -0.4 is 0 Å². The molecule has 3 heteroatoms. The molecular formula is C54H33NO2. The standard InChI is InChI=1S/C54H33NO2/c1-4-14-34(15-5-1)37-26-30-47-45(32-37)46-33-38(35-16-6-2-7-17-35)27-31-48(46)55(47)49-24-13-23-44-51-41(29-28-39(54(51)57-53(44)49)36-18-8-3-9-19-36)43-22-12-21-42-40-20-10-11-25-50(40)56-52(42)43/h1-33H. The van der Waals surface area contributed by atoms with Crippen LogP contribution in [0.2, 0.25) is 0 Å². The lowest BCUT2D eigenvalue weighted by molar-refractivity contribution is 0.667. The van der Waals surface area contributed by atoms with Gasteiger partial charge in [0.05, 0.1) is 16.7 Å². The summed E-state index contributed by atoms with van der Waals surface area (Å²) in [5, 5.41) is 6.73. The third-order valence-electron chi connectivity index (χ3n) is 11.6. The first-order valence-corrected chi connectivity index (χ1v) is 19.4. The van der Waals surface area contributed by atoms with E-state index in [1.165, 1.54) is 33.0 Å². The third-order valence-corrected chi connectivity index (χ3v) is 11.6. The van der Waals surface area contributed by atoms with Gasteiger partial charge in [-0.05, 0) is 75.8 Å². The highest BCUT2D eigenvalue weighted by molar-refractivity contribution is 6.21. The molecule has 0 aliphatic rings. The summed E-state index contributed by atoms with van der Waals surface area (Å²) in [6.07, 6.45) is 0. The van der Waals surface area contributed by atoms with E-state index in [0.29, 0.717) is 0 Å². The number of furan rings is 2. The molecule has 0 bridgehead atoms. The number of nitrogens with zero attached hydrogens (tertiary/aromatic N) is 1. The molecule has 0 atom stereocenters. The summed E-state index contributed by atoms with van der Waals surface area (Å²) in [7, 11) is 0. The van der Waals surface area contributed by atoms with Crippen LogP contribution in [-0.4, -0.2) is 4.57 Å². The van der Waals surface area contributed by atoms with Crippen molar-refractivity contribution in [1.29, 1.82) is 0 Å². The van der Waals surface area contributed by atoms with E-state index in [9.17, 15) is 0 Å². The van der Waals surface area contributed by atoms with E-state index >= 15 is 0 Å². The number of hydrogen-bond donors (Lipinski definition) is 0. The minimum atomic E-state index is 0.840. The summed E-state index contributed by atoms with van der Waals surface area (Å²) in [5.41, 5.74) is 15.7. The first kappa shape index (κ1) is 31.7. The highest BCUT2D eigenvalue weighted by Crippen LogP contribution is 2.47. The van der Waals surface area contributed by atoms with Crippen molar-refractivity contribution >= 4 is 65.7 Å². The second-order valence-electron chi connectivity index (χ2n) is 14.8. The van der Waals surface area contributed by atoms with Crippen molar-refractivity contribution in [3.8, 4) is 50.2 Å². The van der Waals surface area contributed by atoms with Crippen molar-refractivity contribution in [2.45, 2.75) is 0 Å². The number of hydrogen-bond acceptors (Lipinski definition) is 2. The topological polar surface area (TPSA) is 31.2 Å². The second-order valence-corrected chi connectivity index (χ2v) is 14.8. The Morgan fingerprint density at radius 3 is 1.54 bits per heavy atom. The van der Waals surface area contributed by atoms with Crippen LogP contribution >= 0.6 is 0 Å². The zero-order chi connectivity index (χ0) is 37.5. The molecule has 12 aromatic rings. The molecule has 3 aromatic heterocycles. The number of fused-ring (bicyclic) bond motifs is 9. The van der Waals surface area contributed by atoms with Crippen LogP contribution in [0.15, 0.2) is 209 Å². The first-order chi connectivity index (χ1) is 28.3. The van der Waals surface area contributed by atoms with Gasteiger partial charge in [0.15, 0.2) is 5.58 Å². The fraction of sp³-hybridized carbons (Fsp3) is 0. The Labute approximate surface area is 328 Å². The van der Waals surface area contributed by atoms with Gasteiger partial charge in [0.1, 0.15) is 16.7 Å². The number of rotatable bonds is 5. The summed E-state index contributed by atoms with van der Waals surface area (Å²) in [6.45, 7) is 0. The van der Waals surface area contributed by atoms with Gasteiger partial charge in [-0.25, -0.2) is 0 Å². The highest BCUT2D eigenvalue weighted by atomic mass is 16.3. The van der Waals surface area contributed by atoms with Gasteiger partial charge in [-0.15, -0.1) is 0 Å². The van der Waals surface area contributed by atoms with Crippen molar-refractivity contribution in [2.24, 2.45) is 0 Å². The quantitative estimate of drug-likeness (QED) is 0.177. The molecule has 12 rings (SSSR count). The minimum absolute atomic E-state index is 0.840. The molecule has 3 nitrogen and oxygen atoms in total. The van der Waals surface area contributed by atoms with Crippen LogP contribution in [0, 0.1) is 0 Å². The zero-order valence-electron chi connectivity index (χ0n) is 30.8. The van der Waals surface area contributed by atoms with E-state index in [-0.39, 0.29) is 0 Å². The minimum Gasteiger partial charge on any atom is -0.455 e.